The number of nitrogens with two attached hydrogens (primary N) is 1. The molecule has 82 valence electrons. The van der Waals surface area contributed by atoms with Crippen molar-refractivity contribution in [1.29, 1.82) is 0 Å². The van der Waals surface area contributed by atoms with Crippen LogP contribution in [0, 0.1) is 0 Å². The van der Waals surface area contributed by atoms with E-state index in [1.165, 1.54) is 29.6 Å². The molecule has 8 heteroatoms. The van der Waals surface area contributed by atoms with E-state index in [2.05, 4.69) is 19.5 Å². The van der Waals surface area contributed by atoms with E-state index in [0.29, 0.717) is 5.56 Å². The Hall–Kier alpha value is -1.67. The van der Waals surface area contributed by atoms with Crippen molar-refractivity contribution < 1.29 is 5.21 Å². The van der Waals surface area contributed by atoms with Gasteiger partial charge in [-0.15, -0.1) is 0 Å². The molecule has 0 fully saturated rings. The standard InChI is InChI=1S/C8H7N5OS2/c9-7(13-14)5-1-2-6(10-3-5)15-8-11-4-12-16-8/h1-4,14H,(H2,9,13). The fourth-order valence-corrected chi connectivity index (χ4v) is 2.28. The number of aromatic nitrogens is 3. The first-order valence-electron chi connectivity index (χ1n) is 4.18. The molecule has 0 spiro atoms. The van der Waals surface area contributed by atoms with Gasteiger partial charge in [-0.25, -0.2) is 9.97 Å². The zero-order chi connectivity index (χ0) is 11.4. The molecule has 0 amide bonds. The Balaban J connectivity index is 2.14. The summed E-state index contributed by atoms with van der Waals surface area (Å²) in [6.07, 6.45) is 3.04. The second-order valence-electron chi connectivity index (χ2n) is 2.68. The Morgan fingerprint density at radius 1 is 1.44 bits per heavy atom. The Labute approximate surface area is 99.4 Å². The molecule has 16 heavy (non-hydrogen) atoms. The predicted octanol–water partition coefficient (Wildman–Crippen LogP) is 1.18. The van der Waals surface area contributed by atoms with Gasteiger partial charge >= 0.3 is 0 Å². The second-order valence-corrected chi connectivity index (χ2v) is 4.73. The molecule has 0 radical (unpaired) electrons. The first kappa shape index (κ1) is 10.8. The maximum atomic E-state index is 8.48. The summed E-state index contributed by atoms with van der Waals surface area (Å²) >= 11 is 2.72. The molecule has 2 heterocycles. The van der Waals surface area contributed by atoms with Gasteiger partial charge in [-0.2, -0.15) is 4.37 Å². The average molecular weight is 253 g/mol. The molecule has 2 aromatic rings. The number of amidine groups is 1. The van der Waals surface area contributed by atoms with Crippen molar-refractivity contribution in [2.45, 2.75) is 9.37 Å². The highest BCUT2D eigenvalue weighted by atomic mass is 32.2. The van der Waals surface area contributed by atoms with Crippen molar-refractivity contribution in [1.82, 2.24) is 14.3 Å². The van der Waals surface area contributed by atoms with Gasteiger partial charge in [0.1, 0.15) is 11.4 Å². The third-order valence-electron chi connectivity index (χ3n) is 1.67. The van der Waals surface area contributed by atoms with Crippen LogP contribution in [-0.2, 0) is 0 Å². The third kappa shape index (κ3) is 2.47. The Bertz CT molecular complexity index is 482. The largest absolute Gasteiger partial charge is 0.409 e. The molecule has 6 nitrogen and oxygen atoms in total. The molecule has 0 saturated carbocycles. The van der Waals surface area contributed by atoms with Crippen LogP contribution in [0.25, 0.3) is 0 Å². The lowest BCUT2D eigenvalue weighted by atomic mass is 10.3. The predicted molar refractivity (Wildman–Crippen MR) is 60.8 cm³/mol. The Morgan fingerprint density at radius 2 is 2.31 bits per heavy atom. The number of nitrogens with zero attached hydrogens (tertiary/aromatic N) is 4. The van der Waals surface area contributed by atoms with E-state index < -0.39 is 0 Å². The molecule has 0 saturated heterocycles. The van der Waals surface area contributed by atoms with Crippen LogP contribution in [-0.4, -0.2) is 25.4 Å². The van der Waals surface area contributed by atoms with Crippen LogP contribution >= 0.6 is 23.3 Å². The number of rotatable bonds is 3. The quantitative estimate of drug-likeness (QED) is 0.369. The second kappa shape index (κ2) is 4.90. The van der Waals surface area contributed by atoms with Gasteiger partial charge in [0.2, 0.25) is 0 Å². The topological polar surface area (TPSA) is 97.3 Å². The first-order chi connectivity index (χ1) is 7.79. The summed E-state index contributed by atoms with van der Waals surface area (Å²) in [6, 6.07) is 3.50. The van der Waals surface area contributed by atoms with E-state index in [4.69, 9.17) is 10.9 Å². The van der Waals surface area contributed by atoms with Crippen molar-refractivity contribution in [3.63, 3.8) is 0 Å². The Kier molecular flexibility index (Phi) is 3.32. The lowest BCUT2D eigenvalue weighted by Gasteiger charge is -1.99. The van der Waals surface area contributed by atoms with Crippen molar-refractivity contribution in [2.24, 2.45) is 10.9 Å². The number of hydrogen-bond acceptors (Lipinski definition) is 7. The normalized spacial score (nSPS) is 11.6. The summed E-state index contributed by atoms with van der Waals surface area (Å²) in [7, 11) is 0. The fourth-order valence-electron chi connectivity index (χ4n) is 0.947. The van der Waals surface area contributed by atoms with Gasteiger partial charge in [-0.1, -0.05) is 5.16 Å². The zero-order valence-corrected chi connectivity index (χ0v) is 9.57. The molecular formula is C8H7N5OS2. The van der Waals surface area contributed by atoms with Crippen LogP contribution in [0.15, 0.2) is 39.2 Å². The van der Waals surface area contributed by atoms with Gasteiger partial charge in [0.25, 0.3) is 0 Å². The van der Waals surface area contributed by atoms with Crippen LogP contribution in [0.2, 0.25) is 0 Å². The van der Waals surface area contributed by atoms with Crippen molar-refractivity contribution in [3.05, 3.63) is 30.2 Å². The van der Waals surface area contributed by atoms with Gasteiger partial charge in [-0.3, -0.25) is 0 Å². The molecule has 0 aliphatic carbocycles. The number of pyridine rings is 1. The first-order valence-corrected chi connectivity index (χ1v) is 5.77. The summed E-state index contributed by atoms with van der Waals surface area (Å²) in [5, 5.41) is 12.2. The lowest BCUT2D eigenvalue weighted by molar-refractivity contribution is 0.318. The molecular weight excluding hydrogens is 246 g/mol. The van der Waals surface area contributed by atoms with E-state index in [1.54, 1.807) is 18.3 Å². The SMILES string of the molecule is NC(=NO)c1ccc(Sc2ncns2)nc1. The van der Waals surface area contributed by atoms with Crippen molar-refractivity contribution in [2.75, 3.05) is 0 Å². The highest BCUT2D eigenvalue weighted by molar-refractivity contribution is 8.00. The zero-order valence-electron chi connectivity index (χ0n) is 7.94. The monoisotopic (exact) mass is 253 g/mol. The molecule has 2 rings (SSSR count). The Morgan fingerprint density at radius 3 is 2.88 bits per heavy atom. The molecule has 0 unspecified atom stereocenters. The van der Waals surface area contributed by atoms with E-state index in [1.807, 2.05) is 0 Å². The van der Waals surface area contributed by atoms with Gasteiger partial charge in [-0.05, 0) is 35.4 Å². The number of hydrogen-bond donors (Lipinski definition) is 2. The number of oxime groups is 1. The van der Waals surface area contributed by atoms with Gasteiger partial charge in [0.15, 0.2) is 10.2 Å². The maximum absolute atomic E-state index is 8.48. The molecule has 0 bridgehead atoms. The molecule has 2 aromatic heterocycles. The molecule has 0 atom stereocenters. The van der Waals surface area contributed by atoms with E-state index in [0.717, 1.165) is 9.37 Å². The van der Waals surface area contributed by atoms with E-state index in [-0.39, 0.29) is 5.84 Å². The fraction of sp³-hybridized carbons (Fsp3) is 0. The van der Waals surface area contributed by atoms with Crippen LogP contribution in [0.1, 0.15) is 5.56 Å². The summed E-state index contributed by atoms with van der Waals surface area (Å²) in [5.74, 6) is 0.0416. The molecule has 0 aromatic carbocycles. The van der Waals surface area contributed by atoms with E-state index >= 15 is 0 Å². The van der Waals surface area contributed by atoms with E-state index in [9.17, 15) is 0 Å². The molecule has 0 aliphatic rings. The van der Waals surface area contributed by atoms with Crippen LogP contribution in [0.5, 0.6) is 0 Å². The minimum absolute atomic E-state index is 0.0416. The van der Waals surface area contributed by atoms with Gasteiger partial charge < -0.3 is 10.9 Å². The molecule has 0 aliphatic heterocycles. The average Bonchev–Trinajstić information content (AvgIpc) is 2.82. The summed E-state index contributed by atoms with van der Waals surface area (Å²) in [6.45, 7) is 0. The molecule has 3 N–H and O–H groups in total. The van der Waals surface area contributed by atoms with Gasteiger partial charge in [0, 0.05) is 11.8 Å². The summed E-state index contributed by atoms with van der Waals surface area (Å²) in [4.78, 5) is 8.18. The highest BCUT2D eigenvalue weighted by Gasteiger charge is 2.03. The minimum Gasteiger partial charge on any atom is -0.409 e. The van der Waals surface area contributed by atoms with Crippen LogP contribution in [0.4, 0.5) is 0 Å². The minimum atomic E-state index is 0.0416. The summed E-state index contributed by atoms with van der Waals surface area (Å²) in [5.41, 5.74) is 5.99. The van der Waals surface area contributed by atoms with Gasteiger partial charge in [0.05, 0.1) is 0 Å². The van der Waals surface area contributed by atoms with Crippen molar-refractivity contribution >= 4 is 29.1 Å². The summed E-state index contributed by atoms with van der Waals surface area (Å²) < 4.78 is 4.71. The maximum Gasteiger partial charge on any atom is 0.175 e. The van der Waals surface area contributed by atoms with Crippen LogP contribution in [0.3, 0.4) is 0 Å². The highest BCUT2D eigenvalue weighted by Crippen LogP contribution is 2.25. The third-order valence-corrected chi connectivity index (χ3v) is 3.34. The smallest absolute Gasteiger partial charge is 0.175 e. The van der Waals surface area contributed by atoms with Crippen LogP contribution < -0.4 is 5.73 Å². The van der Waals surface area contributed by atoms with Crippen molar-refractivity contribution in [3.8, 4) is 0 Å². The lowest BCUT2D eigenvalue weighted by Crippen LogP contribution is -2.13.